The summed E-state index contributed by atoms with van der Waals surface area (Å²) in [6, 6.07) is 5.55. The number of hydrogen-bond acceptors (Lipinski definition) is 9. The molecule has 1 saturated heterocycles. The number of carbonyl (C=O) groups is 3. The molecule has 1 saturated carbocycles. The summed E-state index contributed by atoms with van der Waals surface area (Å²) in [5, 5.41) is 7.49. The average Bonchev–Trinajstić information content (AvgIpc) is 3.42. The number of aryl methyl sites for hydroxylation is 2. The third-order valence-electron chi connectivity index (χ3n) is 7.63. The van der Waals surface area contributed by atoms with Crippen molar-refractivity contribution in [1.82, 2.24) is 20.9 Å². The topological polar surface area (TPSA) is 213 Å². The fourth-order valence-corrected chi connectivity index (χ4v) is 7.85. The van der Waals surface area contributed by atoms with Gasteiger partial charge in [-0.05, 0) is 37.3 Å². The molecule has 1 aromatic carbocycles. The average molecular weight is 646 g/mol. The summed E-state index contributed by atoms with van der Waals surface area (Å²) in [6.07, 6.45) is -0.620. The monoisotopic (exact) mass is 646 g/mol. The molecule has 3 amide bonds. The van der Waals surface area contributed by atoms with Crippen molar-refractivity contribution in [3.63, 3.8) is 0 Å². The van der Waals surface area contributed by atoms with Crippen LogP contribution < -0.4 is 16.0 Å². The second-order valence-corrected chi connectivity index (χ2v) is 16.2. The first-order valence-corrected chi connectivity index (χ1v) is 17.6. The second-order valence-electron chi connectivity index (χ2n) is 11.7. The predicted molar refractivity (Wildman–Crippen MR) is 158 cm³/mol. The highest BCUT2D eigenvalue weighted by Gasteiger charge is 2.70. The summed E-state index contributed by atoms with van der Waals surface area (Å²) in [4.78, 5) is 67.5. The minimum Gasteiger partial charge on any atom is -0.448 e. The van der Waals surface area contributed by atoms with E-state index >= 15 is 0 Å². The Labute approximate surface area is 251 Å². The van der Waals surface area contributed by atoms with Crippen LogP contribution in [0, 0.1) is 19.3 Å². The number of ether oxygens (including phenoxy) is 1. The van der Waals surface area contributed by atoms with Crippen LogP contribution in [0.2, 0.25) is 0 Å². The maximum atomic E-state index is 12.9. The van der Waals surface area contributed by atoms with Gasteiger partial charge in [0.25, 0.3) is 5.91 Å². The van der Waals surface area contributed by atoms with Crippen molar-refractivity contribution < 1.29 is 52.2 Å². The van der Waals surface area contributed by atoms with Crippen LogP contribution in [0.3, 0.4) is 0 Å². The Morgan fingerprint density at radius 2 is 1.72 bits per heavy atom. The molecule has 0 radical (unpaired) electrons. The van der Waals surface area contributed by atoms with Crippen molar-refractivity contribution in [2.45, 2.75) is 45.1 Å². The van der Waals surface area contributed by atoms with Gasteiger partial charge in [-0.1, -0.05) is 31.5 Å². The van der Waals surface area contributed by atoms with Crippen LogP contribution in [-0.4, -0.2) is 108 Å². The number of nitrogens with zero attached hydrogens (tertiary/aromatic N) is 1. The fraction of sp³-hybridized carbons (Fsp3) is 0.640. The van der Waals surface area contributed by atoms with Crippen molar-refractivity contribution in [3.8, 4) is 0 Å². The smallest absolute Gasteiger partial charge is 0.448 e. The minimum atomic E-state index is -5.09. The number of alkyl carbamates (subject to hydrolysis) is 1. The molecule has 3 rings (SSSR count). The van der Waals surface area contributed by atoms with Crippen LogP contribution in [0.1, 0.15) is 41.8 Å². The zero-order valence-corrected chi connectivity index (χ0v) is 26.8. The third-order valence-corrected chi connectivity index (χ3v) is 11.6. The number of nitrogens with one attached hydrogen (secondary N) is 3. The largest absolute Gasteiger partial charge is 0.484 e. The van der Waals surface area contributed by atoms with Gasteiger partial charge >= 0.3 is 20.8 Å². The van der Waals surface area contributed by atoms with Gasteiger partial charge in [0.1, 0.15) is 6.61 Å². The van der Waals surface area contributed by atoms with Crippen molar-refractivity contribution >= 4 is 40.0 Å². The molecule has 15 nitrogen and oxygen atoms in total. The maximum Gasteiger partial charge on any atom is 0.484 e. The first-order chi connectivity index (χ1) is 19.9. The van der Waals surface area contributed by atoms with Gasteiger partial charge in [0.15, 0.2) is 0 Å². The van der Waals surface area contributed by atoms with Gasteiger partial charge in [0.05, 0.1) is 12.0 Å². The van der Waals surface area contributed by atoms with Gasteiger partial charge in [-0.15, -0.1) is 0 Å². The van der Waals surface area contributed by atoms with Gasteiger partial charge < -0.3 is 39.4 Å². The van der Waals surface area contributed by atoms with E-state index in [4.69, 9.17) is 14.0 Å². The van der Waals surface area contributed by atoms with E-state index in [0.717, 1.165) is 17.8 Å². The Bertz CT molecular complexity index is 1270. The Kier molecular flexibility index (Phi) is 11.3. The minimum absolute atomic E-state index is 0.163. The molecule has 240 valence electrons. The van der Waals surface area contributed by atoms with Gasteiger partial charge in [0.2, 0.25) is 18.8 Å². The van der Waals surface area contributed by atoms with Gasteiger partial charge in [-0.25, -0.2) is 4.79 Å². The van der Waals surface area contributed by atoms with E-state index in [1.165, 1.54) is 0 Å². The van der Waals surface area contributed by atoms with Crippen LogP contribution in [0.15, 0.2) is 18.2 Å². The van der Waals surface area contributed by atoms with E-state index < -0.39 is 39.1 Å². The van der Waals surface area contributed by atoms with E-state index in [9.17, 15) is 38.2 Å². The molecule has 3 atom stereocenters. The summed E-state index contributed by atoms with van der Waals surface area (Å²) < 4.78 is 40.2. The highest BCUT2D eigenvalue weighted by molar-refractivity contribution is 7.73. The zero-order valence-electron chi connectivity index (χ0n) is 25.0. The SMILES string of the molecule is Cc1ccc(C)c(C(=O)NCC(=O)N[C@@]2(B3OCCN(CCOC(=O)NC(P(C)(=O)O)P(=O)(O)O)CCO3)CC2(C)C)c1. The standard InChI is InChI=1S/C25H41BN4O11P2/c1-17-6-7-18(2)19(14-17)21(32)27-15-20(31)29-25(16-24(25,3)4)26-40-12-9-30(10-13-41-26)8-11-39-22(33)28-23(42(5,34)35)43(36,37)38/h6-7,14,23H,8-13,15-16H2,1-5H3,(H,27,32)(H,28,33)(H,29,31)(H,34,35)(H2,36,37,38)/t23?,25-/m0/s1. The van der Waals surface area contributed by atoms with Crippen LogP contribution in [0.25, 0.3) is 0 Å². The molecule has 1 aromatic rings. The lowest BCUT2D eigenvalue weighted by molar-refractivity contribution is -0.121. The molecule has 2 fully saturated rings. The first kappa shape index (κ1) is 35.2. The summed E-state index contributed by atoms with van der Waals surface area (Å²) in [6.45, 7) is 9.65. The van der Waals surface area contributed by atoms with Crippen molar-refractivity contribution in [2.24, 2.45) is 5.41 Å². The molecule has 6 N–H and O–H groups in total. The number of rotatable bonds is 11. The van der Waals surface area contributed by atoms with Gasteiger partial charge in [-0.2, -0.15) is 0 Å². The van der Waals surface area contributed by atoms with Crippen LogP contribution in [-0.2, 0) is 28.0 Å². The van der Waals surface area contributed by atoms with Crippen molar-refractivity contribution in [3.05, 3.63) is 34.9 Å². The fourth-order valence-electron chi connectivity index (χ4n) is 5.00. The third kappa shape index (κ3) is 9.35. The Hall–Kier alpha value is -2.29. The molecule has 1 heterocycles. The molecule has 18 heteroatoms. The summed E-state index contributed by atoms with van der Waals surface area (Å²) >= 11 is 0. The molecule has 2 aliphatic rings. The van der Waals surface area contributed by atoms with Crippen molar-refractivity contribution in [1.29, 1.82) is 0 Å². The summed E-state index contributed by atoms with van der Waals surface area (Å²) in [7, 11) is -10.2. The maximum absolute atomic E-state index is 12.9. The zero-order chi connectivity index (χ0) is 32.2. The van der Waals surface area contributed by atoms with E-state index in [-0.39, 0.29) is 50.1 Å². The van der Waals surface area contributed by atoms with E-state index in [2.05, 4.69) is 10.6 Å². The summed E-state index contributed by atoms with van der Waals surface area (Å²) in [5.74, 6) is -0.696. The van der Waals surface area contributed by atoms with Crippen LogP contribution in [0.5, 0.6) is 0 Å². The Balaban J connectivity index is 1.47. The Morgan fingerprint density at radius 3 is 2.26 bits per heavy atom. The molecule has 43 heavy (non-hydrogen) atoms. The second kappa shape index (κ2) is 13.8. The highest BCUT2D eigenvalue weighted by atomic mass is 31.2. The predicted octanol–water partition coefficient (Wildman–Crippen LogP) is 0.782. The van der Waals surface area contributed by atoms with E-state index in [1.807, 2.05) is 44.7 Å². The normalized spacial score (nSPS) is 22.7. The lowest BCUT2D eigenvalue weighted by atomic mass is 9.70. The molecular weight excluding hydrogens is 605 g/mol. The van der Waals surface area contributed by atoms with E-state index in [0.29, 0.717) is 25.1 Å². The molecule has 0 bridgehead atoms. The molecule has 0 aromatic heterocycles. The molecular formula is C25H41BN4O11P2. The van der Waals surface area contributed by atoms with Gasteiger partial charge in [-0.3, -0.25) is 28.9 Å². The number of carbonyl (C=O) groups excluding carboxylic acids is 3. The van der Waals surface area contributed by atoms with E-state index in [1.54, 1.807) is 11.4 Å². The Morgan fingerprint density at radius 1 is 1.12 bits per heavy atom. The number of amides is 3. The van der Waals surface area contributed by atoms with Gasteiger partial charge in [0, 0.05) is 45.1 Å². The molecule has 0 spiro atoms. The summed E-state index contributed by atoms with van der Waals surface area (Å²) in [5.41, 5.74) is -1.09. The number of hydrogen-bond donors (Lipinski definition) is 6. The lowest BCUT2D eigenvalue weighted by Crippen LogP contribution is -2.58. The van der Waals surface area contributed by atoms with Crippen molar-refractivity contribution in [2.75, 3.05) is 52.7 Å². The van der Waals surface area contributed by atoms with Crippen LogP contribution >= 0.6 is 15.0 Å². The first-order valence-electron chi connectivity index (χ1n) is 13.8. The number of benzene rings is 1. The highest BCUT2D eigenvalue weighted by Crippen LogP contribution is 2.59. The molecule has 1 aliphatic heterocycles. The van der Waals surface area contributed by atoms with Crippen LogP contribution in [0.4, 0.5) is 4.79 Å². The molecule has 2 unspecified atom stereocenters. The quantitative estimate of drug-likeness (QED) is 0.145. The molecule has 1 aliphatic carbocycles. The lowest BCUT2D eigenvalue weighted by Gasteiger charge is -2.32.